The number of hydrogen-bond donors (Lipinski definition) is 2. The number of thiazole rings is 1. The Bertz CT molecular complexity index is 728. The molecule has 6 nitrogen and oxygen atoms in total. The van der Waals surface area contributed by atoms with E-state index in [0.717, 1.165) is 29.5 Å². The second-order valence-corrected chi connectivity index (χ2v) is 7.73. The number of anilines is 2. The van der Waals surface area contributed by atoms with E-state index in [-0.39, 0.29) is 11.7 Å². The molecule has 2 N–H and O–H groups in total. The monoisotopic (exact) mass is 394 g/mol. The molecule has 0 atom stereocenters. The van der Waals surface area contributed by atoms with Crippen molar-refractivity contribution >= 4 is 49.9 Å². The molecule has 2 aromatic rings. The largest absolute Gasteiger partial charge is 0.325 e. The highest BCUT2D eigenvalue weighted by Gasteiger charge is 2.24. The van der Waals surface area contributed by atoms with Crippen LogP contribution in [0.5, 0.6) is 0 Å². The number of rotatable bonds is 4. The van der Waals surface area contributed by atoms with Gasteiger partial charge in [0.2, 0.25) is 0 Å². The number of ketones is 1. The fraction of sp³-hybridized carbons (Fsp3) is 0.333. The van der Waals surface area contributed by atoms with Gasteiger partial charge in [0.25, 0.3) is 0 Å². The minimum Gasteiger partial charge on any atom is -0.308 e. The van der Waals surface area contributed by atoms with Crippen LogP contribution in [0.1, 0.15) is 36.2 Å². The van der Waals surface area contributed by atoms with E-state index in [0.29, 0.717) is 16.5 Å². The highest BCUT2D eigenvalue weighted by atomic mass is 79.9. The van der Waals surface area contributed by atoms with Crippen molar-refractivity contribution < 1.29 is 9.59 Å². The molecule has 1 fully saturated rings. The van der Waals surface area contributed by atoms with Crippen molar-refractivity contribution in [2.24, 2.45) is 5.92 Å². The number of hydrogen-bond acceptors (Lipinski definition) is 5. The zero-order valence-electron chi connectivity index (χ0n) is 12.2. The SMILES string of the molecule is O=C(Nc1ccnc(C(=O)C2CCCC2)c1)Nc1ncc(Br)s1. The van der Waals surface area contributed by atoms with E-state index < -0.39 is 6.03 Å². The van der Waals surface area contributed by atoms with Crippen molar-refractivity contribution in [3.05, 3.63) is 34.0 Å². The summed E-state index contributed by atoms with van der Waals surface area (Å²) >= 11 is 4.60. The molecule has 0 saturated heterocycles. The van der Waals surface area contributed by atoms with Gasteiger partial charge in [0.15, 0.2) is 10.9 Å². The number of Topliss-reactive ketones (excluding diaryl/α,β-unsaturated/α-hetero) is 1. The van der Waals surface area contributed by atoms with Crippen molar-refractivity contribution in [2.45, 2.75) is 25.7 Å². The summed E-state index contributed by atoms with van der Waals surface area (Å²) in [6.45, 7) is 0. The molecule has 0 spiro atoms. The molecule has 0 aromatic carbocycles. The van der Waals surface area contributed by atoms with Crippen LogP contribution in [0.25, 0.3) is 0 Å². The fourth-order valence-electron chi connectivity index (χ4n) is 2.61. The van der Waals surface area contributed by atoms with E-state index in [4.69, 9.17) is 0 Å². The summed E-state index contributed by atoms with van der Waals surface area (Å²) in [5, 5.41) is 5.82. The van der Waals surface area contributed by atoms with Gasteiger partial charge >= 0.3 is 6.03 Å². The number of urea groups is 1. The number of nitrogens with zero attached hydrogens (tertiary/aromatic N) is 2. The van der Waals surface area contributed by atoms with Crippen LogP contribution in [0.2, 0.25) is 0 Å². The highest BCUT2D eigenvalue weighted by Crippen LogP contribution is 2.28. The summed E-state index contributed by atoms with van der Waals surface area (Å²) in [5.74, 6) is 0.134. The van der Waals surface area contributed by atoms with E-state index >= 15 is 0 Å². The number of aromatic nitrogens is 2. The maximum Gasteiger partial charge on any atom is 0.325 e. The van der Waals surface area contributed by atoms with Crippen LogP contribution in [-0.4, -0.2) is 21.8 Å². The van der Waals surface area contributed by atoms with Crippen LogP contribution in [0.3, 0.4) is 0 Å². The number of halogens is 1. The maximum atomic E-state index is 12.4. The third-order valence-corrected chi connectivity index (χ3v) is 5.09. The molecule has 0 unspecified atom stereocenters. The summed E-state index contributed by atoms with van der Waals surface area (Å²) in [7, 11) is 0. The lowest BCUT2D eigenvalue weighted by molar-refractivity contribution is 0.0918. The summed E-state index contributed by atoms with van der Waals surface area (Å²) in [6.07, 6.45) is 7.21. The van der Waals surface area contributed by atoms with E-state index in [9.17, 15) is 9.59 Å². The lowest BCUT2D eigenvalue weighted by atomic mass is 9.99. The minimum absolute atomic E-state index is 0.0652. The molecular weight excluding hydrogens is 380 g/mol. The van der Waals surface area contributed by atoms with Gasteiger partial charge < -0.3 is 5.32 Å². The first kappa shape index (κ1) is 16.1. The summed E-state index contributed by atoms with van der Waals surface area (Å²) in [4.78, 5) is 32.5. The van der Waals surface area contributed by atoms with E-state index in [1.165, 1.54) is 17.5 Å². The first-order chi connectivity index (χ1) is 11.1. The normalized spacial score (nSPS) is 14.7. The Labute approximate surface area is 145 Å². The second kappa shape index (κ2) is 7.18. The van der Waals surface area contributed by atoms with Gasteiger partial charge in [-0.2, -0.15) is 0 Å². The number of amides is 2. The zero-order valence-corrected chi connectivity index (χ0v) is 14.6. The Morgan fingerprint density at radius 1 is 1.22 bits per heavy atom. The summed E-state index contributed by atoms with van der Waals surface area (Å²) < 4.78 is 0.834. The molecule has 1 saturated carbocycles. The topological polar surface area (TPSA) is 84.0 Å². The fourth-order valence-corrected chi connectivity index (χ4v) is 3.71. The predicted octanol–water partition coefficient (Wildman–Crippen LogP) is 4.32. The van der Waals surface area contributed by atoms with Crippen LogP contribution >= 0.6 is 27.3 Å². The van der Waals surface area contributed by atoms with Crippen molar-refractivity contribution in [3.63, 3.8) is 0 Å². The smallest absolute Gasteiger partial charge is 0.308 e. The Hall–Kier alpha value is -1.80. The van der Waals surface area contributed by atoms with E-state index in [1.807, 2.05) is 0 Å². The number of pyridine rings is 1. The average molecular weight is 395 g/mol. The lowest BCUT2D eigenvalue weighted by Gasteiger charge is -2.09. The van der Waals surface area contributed by atoms with Gasteiger partial charge in [0, 0.05) is 17.8 Å². The first-order valence-electron chi connectivity index (χ1n) is 7.31. The van der Waals surface area contributed by atoms with E-state index in [1.54, 1.807) is 18.3 Å². The van der Waals surface area contributed by atoms with Crippen LogP contribution < -0.4 is 10.6 Å². The molecular formula is C15H15BrN4O2S. The molecule has 1 aliphatic rings. The molecule has 0 bridgehead atoms. The van der Waals surface area contributed by atoms with Gasteiger partial charge in [-0.1, -0.05) is 24.2 Å². The molecule has 1 aliphatic carbocycles. The van der Waals surface area contributed by atoms with E-state index in [2.05, 4.69) is 36.5 Å². The Morgan fingerprint density at radius 3 is 2.70 bits per heavy atom. The highest BCUT2D eigenvalue weighted by molar-refractivity contribution is 9.11. The van der Waals surface area contributed by atoms with Gasteiger partial charge in [0.1, 0.15) is 5.69 Å². The molecule has 2 aromatic heterocycles. The van der Waals surface area contributed by atoms with Crippen molar-refractivity contribution in [3.8, 4) is 0 Å². The number of carbonyl (C=O) groups is 2. The molecule has 120 valence electrons. The molecule has 8 heteroatoms. The van der Waals surface area contributed by atoms with Crippen LogP contribution in [0.4, 0.5) is 15.6 Å². The predicted molar refractivity (Wildman–Crippen MR) is 93.0 cm³/mol. The summed E-state index contributed by atoms with van der Waals surface area (Å²) in [5.41, 5.74) is 0.946. The van der Waals surface area contributed by atoms with Crippen LogP contribution in [0.15, 0.2) is 28.3 Å². The standard InChI is InChI=1S/C15H15BrN4O2S/c16-12-8-18-15(23-12)20-14(22)19-10-5-6-17-11(7-10)13(21)9-3-1-2-4-9/h5-9H,1-4H2,(H2,17,18,19,20,22). The van der Waals surface area contributed by atoms with Crippen molar-refractivity contribution in [1.29, 1.82) is 0 Å². The van der Waals surface area contributed by atoms with Gasteiger partial charge in [-0.15, -0.1) is 0 Å². The average Bonchev–Trinajstić information content (AvgIpc) is 3.18. The maximum absolute atomic E-state index is 12.4. The van der Waals surface area contributed by atoms with Gasteiger partial charge in [-0.25, -0.2) is 9.78 Å². The minimum atomic E-state index is -0.405. The molecule has 3 rings (SSSR count). The Morgan fingerprint density at radius 2 is 2.00 bits per heavy atom. The molecule has 23 heavy (non-hydrogen) atoms. The van der Waals surface area contributed by atoms with Crippen molar-refractivity contribution in [1.82, 2.24) is 9.97 Å². The quantitative estimate of drug-likeness (QED) is 0.756. The number of carbonyl (C=O) groups excluding carboxylic acids is 2. The Kier molecular flexibility index (Phi) is 5.02. The second-order valence-electron chi connectivity index (χ2n) is 5.32. The number of nitrogens with one attached hydrogen (secondary N) is 2. The molecule has 0 radical (unpaired) electrons. The van der Waals surface area contributed by atoms with Gasteiger partial charge in [0.05, 0.1) is 9.98 Å². The van der Waals surface area contributed by atoms with Crippen molar-refractivity contribution in [2.75, 3.05) is 10.6 Å². The molecule has 0 aliphatic heterocycles. The Balaban J connectivity index is 1.65. The van der Waals surface area contributed by atoms with Crippen LogP contribution in [-0.2, 0) is 0 Å². The molecule has 2 heterocycles. The third kappa shape index (κ3) is 4.14. The zero-order chi connectivity index (χ0) is 16.2. The van der Waals surface area contributed by atoms with Crippen LogP contribution in [0, 0.1) is 5.92 Å². The van der Waals surface area contributed by atoms with Gasteiger partial charge in [-0.3, -0.25) is 15.1 Å². The molecule has 2 amide bonds. The summed E-state index contributed by atoms with van der Waals surface area (Å²) in [6, 6.07) is 2.87. The van der Waals surface area contributed by atoms with Gasteiger partial charge in [-0.05, 0) is 40.9 Å². The third-order valence-electron chi connectivity index (χ3n) is 3.69. The first-order valence-corrected chi connectivity index (χ1v) is 8.92. The lowest BCUT2D eigenvalue weighted by Crippen LogP contribution is -2.20.